The third-order valence-corrected chi connectivity index (χ3v) is 1.61. The number of halogens is 3. The average Bonchev–Trinajstić information content (AvgIpc) is 2.14. The van der Waals surface area contributed by atoms with Crippen LogP contribution in [0, 0.1) is 0 Å². The summed E-state index contributed by atoms with van der Waals surface area (Å²) in [6.07, 6.45) is -4.66. The molecule has 80 valence electrons. The first-order chi connectivity index (χ1) is 7.01. The lowest BCUT2D eigenvalue weighted by Gasteiger charge is -2.08. The van der Waals surface area contributed by atoms with Crippen LogP contribution in [0.4, 0.5) is 13.2 Å². The summed E-state index contributed by atoms with van der Waals surface area (Å²) >= 11 is 4.36. The lowest BCUT2D eigenvalue weighted by atomic mass is 10.2. The van der Waals surface area contributed by atoms with Gasteiger partial charge in [-0.3, -0.25) is 0 Å². The van der Waals surface area contributed by atoms with Gasteiger partial charge in [0.25, 0.3) is 0 Å². The lowest BCUT2D eigenvalue weighted by molar-refractivity contribution is -0.274. The summed E-state index contributed by atoms with van der Waals surface area (Å²) in [6, 6.07) is 5.41. The maximum Gasteiger partial charge on any atom is 0.573 e. The Morgan fingerprint density at radius 2 is 1.87 bits per heavy atom. The molecule has 6 heteroatoms. The second kappa shape index (κ2) is 4.91. The standard InChI is InChI=1S/C9H6F3NOS/c10-9(11,12)14-8-3-1-7(2-4-8)5-13-6-15/h1-4H,5H2. The Balaban J connectivity index is 2.68. The van der Waals surface area contributed by atoms with Crippen LogP contribution in [0.5, 0.6) is 5.75 Å². The molecule has 0 aliphatic rings. The minimum absolute atomic E-state index is 0.252. The number of benzene rings is 1. The summed E-state index contributed by atoms with van der Waals surface area (Å²) in [4.78, 5) is 3.65. The number of ether oxygens (including phenoxy) is 1. The fourth-order valence-corrected chi connectivity index (χ4v) is 0.985. The molecule has 0 spiro atoms. The van der Waals surface area contributed by atoms with Crippen LogP contribution in [0.3, 0.4) is 0 Å². The van der Waals surface area contributed by atoms with E-state index >= 15 is 0 Å². The number of thiocarbonyl (C=S) groups is 1. The Morgan fingerprint density at radius 1 is 1.27 bits per heavy atom. The summed E-state index contributed by atoms with van der Waals surface area (Å²) < 4.78 is 39.0. The number of hydrogen-bond donors (Lipinski definition) is 0. The van der Waals surface area contributed by atoms with Crippen molar-refractivity contribution >= 4 is 17.4 Å². The number of hydrogen-bond acceptors (Lipinski definition) is 3. The van der Waals surface area contributed by atoms with Crippen molar-refractivity contribution in [2.45, 2.75) is 12.9 Å². The van der Waals surface area contributed by atoms with E-state index < -0.39 is 6.36 Å². The van der Waals surface area contributed by atoms with E-state index in [4.69, 9.17) is 0 Å². The van der Waals surface area contributed by atoms with Crippen molar-refractivity contribution in [3.63, 3.8) is 0 Å². The van der Waals surface area contributed by atoms with E-state index in [1.165, 1.54) is 24.3 Å². The monoisotopic (exact) mass is 233 g/mol. The molecule has 1 aromatic rings. The zero-order chi connectivity index (χ0) is 11.3. The van der Waals surface area contributed by atoms with Gasteiger partial charge in [0.05, 0.1) is 11.7 Å². The molecule has 0 amide bonds. The molecule has 15 heavy (non-hydrogen) atoms. The van der Waals surface area contributed by atoms with Gasteiger partial charge in [0.1, 0.15) is 5.75 Å². The Labute approximate surface area is 89.4 Å². The maximum absolute atomic E-state index is 11.8. The lowest BCUT2D eigenvalue weighted by Crippen LogP contribution is -2.16. The third-order valence-electron chi connectivity index (χ3n) is 1.48. The highest BCUT2D eigenvalue weighted by Crippen LogP contribution is 2.22. The van der Waals surface area contributed by atoms with Gasteiger partial charge in [0, 0.05) is 0 Å². The summed E-state index contributed by atoms with van der Waals surface area (Å²) in [5, 5.41) is 2.17. The summed E-state index contributed by atoms with van der Waals surface area (Å²) in [6.45, 7) is 0.301. The van der Waals surface area contributed by atoms with Gasteiger partial charge in [0.2, 0.25) is 0 Å². The SMILES string of the molecule is FC(F)(F)Oc1ccc(CN=C=S)cc1. The number of alkyl halides is 3. The van der Waals surface area contributed by atoms with Crippen molar-refractivity contribution in [2.24, 2.45) is 4.99 Å². The molecule has 0 aliphatic carbocycles. The molecular formula is C9H6F3NOS. The van der Waals surface area contributed by atoms with Crippen molar-refractivity contribution in [3.05, 3.63) is 29.8 Å². The van der Waals surface area contributed by atoms with Crippen LogP contribution in [0.1, 0.15) is 5.56 Å². The minimum atomic E-state index is -4.66. The van der Waals surface area contributed by atoms with Gasteiger partial charge in [-0.15, -0.1) is 13.2 Å². The predicted molar refractivity (Wildman–Crippen MR) is 51.9 cm³/mol. The highest BCUT2D eigenvalue weighted by Gasteiger charge is 2.30. The molecule has 0 aromatic heterocycles. The number of aliphatic imine (C=N–C) groups is 1. The van der Waals surface area contributed by atoms with Crippen LogP contribution in [0.15, 0.2) is 29.3 Å². The van der Waals surface area contributed by atoms with Gasteiger partial charge in [-0.2, -0.15) is 0 Å². The zero-order valence-corrected chi connectivity index (χ0v) is 8.23. The quantitative estimate of drug-likeness (QED) is 0.590. The fourth-order valence-electron chi connectivity index (χ4n) is 0.920. The van der Waals surface area contributed by atoms with Gasteiger partial charge in [-0.25, -0.2) is 4.99 Å². The van der Waals surface area contributed by atoms with E-state index in [-0.39, 0.29) is 5.75 Å². The second-order valence-corrected chi connectivity index (χ2v) is 2.78. The molecule has 0 radical (unpaired) electrons. The van der Waals surface area contributed by atoms with Crippen molar-refractivity contribution in [2.75, 3.05) is 0 Å². The first-order valence-corrected chi connectivity index (χ1v) is 4.30. The highest BCUT2D eigenvalue weighted by atomic mass is 32.1. The zero-order valence-electron chi connectivity index (χ0n) is 7.41. The van der Waals surface area contributed by atoms with Crippen molar-refractivity contribution in [1.82, 2.24) is 0 Å². The van der Waals surface area contributed by atoms with Crippen LogP contribution in [-0.2, 0) is 6.54 Å². The number of rotatable bonds is 3. The Bertz CT molecular complexity index is 368. The number of isothiocyanates is 1. The van der Waals surface area contributed by atoms with Crippen LogP contribution in [0.2, 0.25) is 0 Å². The van der Waals surface area contributed by atoms with Crippen molar-refractivity contribution in [1.29, 1.82) is 0 Å². The van der Waals surface area contributed by atoms with Gasteiger partial charge >= 0.3 is 6.36 Å². The molecule has 0 N–H and O–H groups in total. The molecule has 2 nitrogen and oxygen atoms in total. The predicted octanol–water partition coefficient (Wildman–Crippen LogP) is 3.19. The van der Waals surface area contributed by atoms with E-state index in [1.54, 1.807) is 0 Å². The molecule has 0 fully saturated rings. The molecule has 0 atom stereocenters. The first-order valence-electron chi connectivity index (χ1n) is 3.89. The normalized spacial score (nSPS) is 10.6. The topological polar surface area (TPSA) is 21.6 Å². The largest absolute Gasteiger partial charge is 0.573 e. The molecule has 1 rings (SSSR count). The molecule has 0 unspecified atom stereocenters. The van der Waals surface area contributed by atoms with E-state index in [2.05, 4.69) is 27.1 Å². The molecule has 0 saturated heterocycles. The second-order valence-electron chi connectivity index (χ2n) is 2.60. The first kappa shape index (κ1) is 11.7. The molecule has 0 bridgehead atoms. The highest BCUT2D eigenvalue weighted by molar-refractivity contribution is 7.78. The van der Waals surface area contributed by atoms with Crippen LogP contribution in [0.25, 0.3) is 0 Å². The molecule has 0 aliphatic heterocycles. The average molecular weight is 233 g/mol. The third kappa shape index (κ3) is 4.58. The van der Waals surface area contributed by atoms with E-state index in [9.17, 15) is 13.2 Å². The summed E-state index contributed by atoms with van der Waals surface area (Å²) in [7, 11) is 0. The Hall–Kier alpha value is -1.39. The van der Waals surface area contributed by atoms with E-state index in [1.807, 2.05) is 0 Å². The molecule has 1 aromatic carbocycles. The van der Waals surface area contributed by atoms with Crippen LogP contribution < -0.4 is 4.74 Å². The summed E-state index contributed by atoms with van der Waals surface area (Å²) in [5.74, 6) is -0.252. The fraction of sp³-hybridized carbons (Fsp3) is 0.222. The summed E-state index contributed by atoms with van der Waals surface area (Å²) in [5.41, 5.74) is 0.738. The van der Waals surface area contributed by atoms with Gasteiger partial charge in [0.15, 0.2) is 0 Å². The Kier molecular flexibility index (Phi) is 3.82. The molecular weight excluding hydrogens is 227 g/mol. The van der Waals surface area contributed by atoms with Crippen molar-refractivity contribution < 1.29 is 17.9 Å². The Morgan fingerprint density at radius 3 is 2.33 bits per heavy atom. The van der Waals surface area contributed by atoms with Gasteiger partial charge in [-0.05, 0) is 29.9 Å². The minimum Gasteiger partial charge on any atom is -0.406 e. The molecule has 0 heterocycles. The van der Waals surface area contributed by atoms with Crippen LogP contribution >= 0.6 is 12.2 Å². The smallest absolute Gasteiger partial charge is 0.406 e. The van der Waals surface area contributed by atoms with Gasteiger partial charge < -0.3 is 4.74 Å². The van der Waals surface area contributed by atoms with Gasteiger partial charge in [-0.1, -0.05) is 12.1 Å². The van der Waals surface area contributed by atoms with E-state index in [0.29, 0.717) is 6.54 Å². The number of nitrogens with zero attached hydrogens (tertiary/aromatic N) is 1. The van der Waals surface area contributed by atoms with Crippen molar-refractivity contribution in [3.8, 4) is 5.75 Å². The maximum atomic E-state index is 11.8. The van der Waals surface area contributed by atoms with E-state index in [0.717, 1.165) is 5.56 Å². The molecule has 0 saturated carbocycles. The van der Waals surface area contributed by atoms with Crippen LogP contribution in [-0.4, -0.2) is 11.5 Å².